The Morgan fingerprint density at radius 3 is 2.58 bits per heavy atom. The van der Waals surface area contributed by atoms with E-state index >= 15 is 0 Å². The maximum Gasteiger partial charge on any atom is 0.255 e. The van der Waals surface area contributed by atoms with E-state index in [1.165, 1.54) is 6.08 Å². The molecule has 2 aliphatic rings. The third-order valence-corrected chi connectivity index (χ3v) is 6.14. The fraction of sp³-hybridized carbons (Fsp3) is 0.375. The van der Waals surface area contributed by atoms with Crippen LogP contribution in [-0.4, -0.2) is 60.3 Å². The van der Waals surface area contributed by atoms with Crippen molar-refractivity contribution in [2.24, 2.45) is 11.7 Å². The van der Waals surface area contributed by atoms with Gasteiger partial charge in [-0.05, 0) is 37.0 Å². The minimum Gasteiger partial charge on any atom is -0.497 e. The van der Waals surface area contributed by atoms with Crippen molar-refractivity contribution in [1.82, 2.24) is 14.7 Å². The Hall–Kier alpha value is -3.93. The van der Waals surface area contributed by atoms with Gasteiger partial charge in [0.25, 0.3) is 5.91 Å². The smallest absolute Gasteiger partial charge is 0.255 e. The number of hydrogen-bond donors (Lipinski definition) is 2. The summed E-state index contributed by atoms with van der Waals surface area (Å²) in [7, 11) is 3.14. The number of primary amides is 1. The number of carbonyl (C=O) groups is 2. The molecule has 2 aliphatic heterocycles. The first-order valence-corrected chi connectivity index (χ1v) is 10.8. The molecule has 1 saturated heterocycles. The van der Waals surface area contributed by atoms with Gasteiger partial charge in [0.2, 0.25) is 5.91 Å². The number of nitrogens with zero attached hydrogens (tertiary/aromatic N) is 3. The third kappa shape index (κ3) is 4.37. The molecule has 3 N–H and O–H groups in total. The average Bonchev–Trinajstić information content (AvgIpc) is 3.46. The lowest BCUT2D eigenvalue weighted by atomic mass is 9.95. The van der Waals surface area contributed by atoms with E-state index in [9.17, 15) is 9.59 Å². The number of hydrogen-bond acceptors (Lipinski definition) is 6. The summed E-state index contributed by atoms with van der Waals surface area (Å²) >= 11 is 0. The van der Waals surface area contributed by atoms with Crippen LogP contribution in [0.3, 0.4) is 0 Å². The van der Waals surface area contributed by atoms with Crippen molar-refractivity contribution in [2.75, 3.05) is 39.2 Å². The fourth-order valence-electron chi connectivity index (χ4n) is 4.50. The van der Waals surface area contributed by atoms with E-state index in [1.54, 1.807) is 37.3 Å². The topological polar surface area (TPSA) is 112 Å². The van der Waals surface area contributed by atoms with E-state index in [4.69, 9.17) is 15.2 Å². The minimum absolute atomic E-state index is 0.0365. The van der Waals surface area contributed by atoms with Gasteiger partial charge < -0.3 is 25.4 Å². The van der Waals surface area contributed by atoms with E-state index in [-0.39, 0.29) is 23.4 Å². The van der Waals surface area contributed by atoms with Gasteiger partial charge in [-0.1, -0.05) is 12.5 Å². The molecule has 33 heavy (non-hydrogen) atoms. The van der Waals surface area contributed by atoms with Crippen LogP contribution in [-0.2, 0) is 4.79 Å². The van der Waals surface area contributed by atoms with Crippen LogP contribution < -0.4 is 20.5 Å². The first kappa shape index (κ1) is 22.3. The third-order valence-electron chi connectivity index (χ3n) is 6.14. The highest BCUT2D eigenvalue weighted by Crippen LogP contribution is 2.37. The average molecular weight is 450 g/mol. The number of likely N-dealkylation sites (tertiary alicyclic amines) is 1. The van der Waals surface area contributed by atoms with E-state index in [2.05, 4.69) is 28.8 Å². The van der Waals surface area contributed by atoms with Crippen molar-refractivity contribution in [2.45, 2.75) is 18.9 Å². The number of carbonyl (C=O) groups excluding carboxylic acids is 2. The van der Waals surface area contributed by atoms with Crippen molar-refractivity contribution in [3.8, 4) is 23.3 Å². The monoisotopic (exact) mass is 449 g/mol. The van der Waals surface area contributed by atoms with Crippen LogP contribution in [0.1, 0.15) is 40.5 Å². The fourth-order valence-corrected chi connectivity index (χ4v) is 4.50. The molecule has 9 nitrogen and oxygen atoms in total. The number of anilines is 1. The molecule has 1 aromatic carbocycles. The summed E-state index contributed by atoms with van der Waals surface area (Å²) in [6.07, 6.45) is 3.03. The van der Waals surface area contributed by atoms with E-state index in [0.717, 1.165) is 12.8 Å². The molecule has 172 valence electrons. The first-order chi connectivity index (χ1) is 15.9. The van der Waals surface area contributed by atoms with E-state index < -0.39 is 5.91 Å². The highest BCUT2D eigenvalue weighted by atomic mass is 16.5. The van der Waals surface area contributed by atoms with E-state index in [0.29, 0.717) is 48.2 Å². The molecule has 1 fully saturated rings. The second-order valence-corrected chi connectivity index (χ2v) is 8.05. The molecule has 0 bridgehead atoms. The van der Waals surface area contributed by atoms with E-state index in [1.807, 2.05) is 4.68 Å². The number of methoxy groups -OCH3 is 2. The number of fused-ring (bicyclic) bond motifs is 1. The van der Waals surface area contributed by atoms with Gasteiger partial charge in [-0.3, -0.25) is 9.59 Å². The largest absolute Gasteiger partial charge is 0.497 e. The summed E-state index contributed by atoms with van der Waals surface area (Å²) in [5, 5.41) is 7.94. The molecule has 0 spiro atoms. The lowest BCUT2D eigenvalue weighted by Crippen LogP contribution is -2.33. The lowest BCUT2D eigenvalue weighted by molar-refractivity contribution is -0.125. The molecule has 2 amide bonds. The van der Waals surface area contributed by atoms with Crippen molar-refractivity contribution >= 4 is 17.6 Å². The minimum atomic E-state index is -0.591. The maximum atomic E-state index is 12.3. The van der Waals surface area contributed by atoms with Gasteiger partial charge in [0.05, 0.1) is 20.3 Å². The highest BCUT2D eigenvalue weighted by Gasteiger charge is 2.37. The molecular formula is C24H27N5O4. The van der Waals surface area contributed by atoms with Gasteiger partial charge in [-0.25, -0.2) is 4.68 Å². The van der Waals surface area contributed by atoms with Crippen LogP contribution in [0, 0.1) is 17.8 Å². The zero-order chi connectivity index (χ0) is 23.5. The van der Waals surface area contributed by atoms with Crippen LogP contribution in [0.15, 0.2) is 30.9 Å². The molecular weight excluding hydrogens is 422 g/mol. The van der Waals surface area contributed by atoms with Crippen LogP contribution in [0.25, 0.3) is 0 Å². The van der Waals surface area contributed by atoms with Gasteiger partial charge >= 0.3 is 0 Å². The molecule has 9 heteroatoms. The highest BCUT2D eigenvalue weighted by molar-refractivity contribution is 6.00. The van der Waals surface area contributed by atoms with Crippen molar-refractivity contribution < 1.29 is 19.1 Å². The summed E-state index contributed by atoms with van der Waals surface area (Å²) in [6.45, 7) is 5.58. The first-order valence-electron chi connectivity index (χ1n) is 10.8. The normalized spacial score (nSPS) is 19.0. The number of benzene rings is 1. The number of aromatic nitrogens is 2. The molecule has 0 aliphatic carbocycles. The van der Waals surface area contributed by atoms with Crippen molar-refractivity contribution in [3.05, 3.63) is 47.7 Å². The lowest BCUT2D eigenvalue weighted by Gasteiger charge is -2.30. The summed E-state index contributed by atoms with van der Waals surface area (Å²) in [6, 6.07) is 5.35. The molecule has 0 radical (unpaired) electrons. The summed E-state index contributed by atoms with van der Waals surface area (Å²) in [5.74, 6) is 7.42. The molecule has 1 aromatic heterocycles. The van der Waals surface area contributed by atoms with Crippen LogP contribution in [0.2, 0.25) is 0 Å². The Morgan fingerprint density at radius 1 is 1.21 bits per heavy atom. The number of amides is 2. The standard InChI is InChI=1S/C24H27N5O4/c1-4-21(30)28-10-8-16(14-28)20-7-9-26-24-22(23(25)31)19(27-29(20)24)6-5-15-11-17(32-2)13-18(12-15)33-3/h4,11-13,16,20,26H,1,7-10,14H2,2-3H3,(H2,25,31)/t16-,20+/m0/s1. The Bertz CT molecular complexity index is 1140. The van der Waals surface area contributed by atoms with Gasteiger partial charge in [0, 0.05) is 37.2 Å². The van der Waals surface area contributed by atoms with Crippen molar-refractivity contribution in [1.29, 1.82) is 0 Å². The van der Waals surface area contributed by atoms with Crippen LogP contribution in [0.5, 0.6) is 11.5 Å². The predicted octanol–water partition coefficient (Wildman–Crippen LogP) is 1.79. The summed E-state index contributed by atoms with van der Waals surface area (Å²) in [5.41, 5.74) is 6.97. The molecule has 2 aromatic rings. The number of nitrogens with two attached hydrogens (primary N) is 1. The predicted molar refractivity (Wildman–Crippen MR) is 123 cm³/mol. The molecule has 0 saturated carbocycles. The summed E-state index contributed by atoms with van der Waals surface area (Å²) < 4.78 is 12.4. The SMILES string of the molecule is C=CC(=O)N1CC[C@H]([C@H]2CCNc3c(C(N)=O)c(C#Cc4cc(OC)cc(OC)c4)nn32)C1. The Morgan fingerprint density at radius 2 is 1.94 bits per heavy atom. The Labute approximate surface area is 192 Å². The van der Waals surface area contributed by atoms with Crippen molar-refractivity contribution in [3.63, 3.8) is 0 Å². The zero-order valence-corrected chi connectivity index (χ0v) is 18.8. The molecule has 0 unspecified atom stereocenters. The van der Waals surface area contributed by atoms with Gasteiger partial charge in [-0.2, -0.15) is 5.10 Å². The molecule has 2 atom stereocenters. The van der Waals surface area contributed by atoms with Crippen LogP contribution in [0.4, 0.5) is 5.82 Å². The number of rotatable bonds is 5. The quantitative estimate of drug-likeness (QED) is 0.532. The van der Waals surface area contributed by atoms with Gasteiger partial charge in [0.1, 0.15) is 22.9 Å². The Kier molecular flexibility index (Phi) is 6.27. The second-order valence-electron chi connectivity index (χ2n) is 8.05. The zero-order valence-electron chi connectivity index (χ0n) is 18.8. The number of nitrogens with one attached hydrogen (secondary N) is 1. The summed E-state index contributed by atoms with van der Waals surface area (Å²) in [4.78, 5) is 26.2. The maximum absolute atomic E-state index is 12.3. The Balaban J connectivity index is 1.69. The molecule has 3 heterocycles. The molecule has 4 rings (SSSR count). The number of ether oxygens (including phenoxy) is 2. The van der Waals surface area contributed by atoms with Gasteiger partial charge in [-0.15, -0.1) is 0 Å². The van der Waals surface area contributed by atoms with Gasteiger partial charge in [0.15, 0.2) is 5.69 Å². The second kappa shape index (κ2) is 9.28. The van der Waals surface area contributed by atoms with Crippen LogP contribution >= 0.6 is 0 Å².